The maximum absolute atomic E-state index is 12.4. The number of benzene rings is 2. The van der Waals surface area contributed by atoms with Gasteiger partial charge >= 0.3 is 12.4 Å². The van der Waals surface area contributed by atoms with Crippen LogP contribution in [0.4, 0.5) is 37.7 Å². The topological polar surface area (TPSA) is 118 Å². The van der Waals surface area contributed by atoms with Gasteiger partial charge in [-0.25, -0.2) is 4.98 Å². The van der Waals surface area contributed by atoms with Gasteiger partial charge in [-0.15, -0.1) is 0 Å². The molecule has 0 radical (unpaired) electrons. The van der Waals surface area contributed by atoms with Crippen LogP contribution in [0.1, 0.15) is 35.7 Å². The lowest BCUT2D eigenvalue weighted by molar-refractivity contribution is -0.174. The molecule has 2 aromatic carbocycles. The number of pyridine rings is 2. The highest BCUT2D eigenvalue weighted by molar-refractivity contribution is 5.83. The Bertz CT molecular complexity index is 2170. The fraction of sp³-hybridized carbons (Fsp3) is 0.395. The Morgan fingerprint density at radius 2 is 1.31 bits per heavy atom. The number of hydrogen-bond acceptors (Lipinski definition) is 7. The Morgan fingerprint density at radius 3 is 1.85 bits per heavy atom. The van der Waals surface area contributed by atoms with Gasteiger partial charge in [-0.3, -0.25) is 9.59 Å². The number of halogens is 6. The molecule has 0 spiro atoms. The first-order chi connectivity index (χ1) is 25.4. The number of rotatable bonds is 12. The molecule has 3 aromatic heterocycles. The van der Waals surface area contributed by atoms with Crippen LogP contribution in [0.3, 0.4) is 0 Å². The SMILES string of the molecule is Cc1cc(-c2ccc(N)c(NCCOCC(F)(F)F)c2)cn(C)c1=O.Cc1cc(-c2ccc3nc(C4CC4)n(CCOCC(F)(F)F)c3c2)cn(C)c1=O. The molecule has 10 nitrogen and oxygen atoms in total. The standard InChI is InChI=1S/C21H22F3N3O2.C17H20F3N3O2/c1-13-9-16(11-26(2)20(13)28)15-5-6-17-18(10-15)27(19(25-17)14-3-4-14)7-8-29-12-21(22,23)24;1-11-7-13(9-23(2)16(11)24)12-3-4-14(21)15(8-12)22-5-6-25-10-17(18,19)20/h5-6,9-11,14H,3-4,7-8,12H2,1-2H3;3-4,7-9,22H,5-6,10,21H2,1-2H3. The van der Waals surface area contributed by atoms with Gasteiger partial charge in [-0.05, 0) is 85.3 Å². The van der Waals surface area contributed by atoms with Gasteiger partial charge in [0, 0.05) is 56.6 Å². The molecule has 6 rings (SSSR count). The van der Waals surface area contributed by atoms with Gasteiger partial charge in [-0.1, -0.05) is 12.1 Å². The largest absolute Gasteiger partial charge is 0.411 e. The molecule has 0 aliphatic heterocycles. The van der Waals surface area contributed by atoms with E-state index in [0.29, 0.717) is 35.0 Å². The number of aromatic nitrogens is 4. The summed E-state index contributed by atoms with van der Waals surface area (Å²) in [6, 6.07) is 14.8. The molecular weight excluding hydrogens is 718 g/mol. The van der Waals surface area contributed by atoms with Crippen LogP contribution in [0.2, 0.25) is 0 Å². The number of ether oxygens (including phenoxy) is 2. The molecule has 0 unspecified atom stereocenters. The molecule has 1 fully saturated rings. The molecule has 0 bridgehead atoms. The summed E-state index contributed by atoms with van der Waals surface area (Å²) in [7, 11) is 3.39. The lowest BCUT2D eigenvalue weighted by Crippen LogP contribution is -2.20. The van der Waals surface area contributed by atoms with Gasteiger partial charge in [0.25, 0.3) is 11.1 Å². The van der Waals surface area contributed by atoms with Crippen molar-refractivity contribution in [2.24, 2.45) is 14.1 Å². The summed E-state index contributed by atoms with van der Waals surface area (Å²) in [4.78, 5) is 28.5. The van der Waals surface area contributed by atoms with E-state index in [1.54, 1.807) is 63.1 Å². The van der Waals surface area contributed by atoms with Crippen LogP contribution in [-0.4, -0.2) is 64.0 Å². The van der Waals surface area contributed by atoms with Crippen LogP contribution in [-0.2, 0) is 30.1 Å². The molecule has 1 aliphatic carbocycles. The maximum Gasteiger partial charge on any atom is 0.411 e. The molecule has 16 heteroatoms. The summed E-state index contributed by atoms with van der Waals surface area (Å²) in [6.45, 7) is 1.36. The first-order valence-corrected chi connectivity index (χ1v) is 17.2. The molecule has 1 saturated carbocycles. The minimum Gasteiger partial charge on any atom is -0.397 e. The number of nitrogens with zero attached hydrogens (tertiary/aromatic N) is 4. The number of anilines is 2. The fourth-order valence-corrected chi connectivity index (χ4v) is 5.96. The first kappa shape index (κ1) is 40.1. The van der Waals surface area contributed by atoms with Crippen molar-refractivity contribution >= 4 is 22.4 Å². The third kappa shape index (κ3) is 10.5. The Balaban J connectivity index is 0.000000210. The van der Waals surface area contributed by atoms with Gasteiger partial charge in [0.2, 0.25) is 0 Å². The van der Waals surface area contributed by atoms with Crippen molar-refractivity contribution in [1.82, 2.24) is 18.7 Å². The third-order valence-electron chi connectivity index (χ3n) is 8.72. The van der Waals surface area contributed by atoms with E-state index in [4.69, 9.17) is 15.5 Å². The van der Waals surface area contributed by atoms with Crippen molar-refractivity contribution in [3.05, 3.63) is 98.6 Å². The normalized spacial score (nSPS) is 13.2. The van der Waals surface area contributed by atoms with Crippen LogP contribution in [0.25, 0.3) is 33.3 Å². The van der Waals surface area contributed by atoms with E-state index in [2.05, 4.69) is 10.1 Å². The van der Waals surface area contributed by atoms with E-state index < -0.39 is 25.6 Å². The van der Waals surface area contributed by atoms with Crippen molar-refractivity contribution < 1.29 is 35.8 Å². The Hall–Kier alpha value is -5.09. The molecule has 5 aromatic rings. The average molecular weight is 761 g/mol. The second-order valence-electron chi connectivity index (χ2n) is 13.3. The van der Waals surface area contributed by atoms with E-state index in [9.17, 15) is 35.9 Å². The molecule has 0 atom stereocenters. The predicted molar refractivity (Wildman–Crippen MR) is 196 cm³/mol. The second kappa shape index (κ2) is 16.5. The number of alkyl halides is 6. The van der Waals surface area contributed by atoms with Crippen molar-refractivity contribution in [3.8, 4) is 22.3 Å². The highest BCUT2D eigenvalue weighted by Gasteiger charge is 2.31. The molecule has 3 N–H and O–H groups in total. The number of fused-ring (bicyclic) bond motifs is 1. The summed E-state index contributed by atoms with van der Waals surface area (Å²) in [6.07, 6.45) is -3.08. The first-order valence-electron chi connectivity index (χ1n) is 17.2. The molecular formula is C38H42F6N6O4. The third-order valence-corrected chi connectivity index (χ3v) is 8.72. The Kier molecular flexibility index (Phi) is 12.3. The van der Waals surface area contributed by atoms with Crippen LogP contribution in [0.5, 0.6) is 0 Å². The lowest BCUT2D eigenvalue weighted by atomic mass is 10.0. The van der Waals surface area contributed by atoms with Crippen LogP contribution in [0.15, 0.2) is 70.5 Å². The number of nitrogen functional groups attached to an aromatic ring is 1. The molecule has 54 heavy (non-hydrogen) atoms. The smallest absolute Gasteiger partial charge is 0.397 e. The number of nitrogens with one attached hydrogen (secondary N) is 1. The average Bonchev–Trinajstić information content (AvgIpc) is 3.88. The minimum atomic E-state index is -4.33. The summed E-state index contributed by atoms with van der Waals surface area (Å²) in [5.41, 5.74) is 13.3. The Labute approximate surface area is 307 Å². The van der Waals surface area contributed by atoms with Crippen molar-refractivity contribution in [1.29, 1.82) is 0 Å². The van der Waals surface area contributed by atoms with E-state index in [0.717, 1.165) is 52.0 Å². The van der Waals surface area contributed by atoms with Gasteiger partial charge in [0.05, 0.1) is 35.6 Å². The second-order valence-corrected chi connectivity index (χ2v) is 13.3. The van der Waals surface area contributed by atoms with Crippen LogP contribution >= 0.6 is 0 Å². The van der Waals surface area contributed by atoms with Crippen molar-refractivity contribution in [2.75, 3.05) is 44.0 Å². The zero-order valence-electron chi connectivity index (χ0n) is 30.3. The molecule has 0 amide bonds. The summed E-state index contributed by atoms with van der Waals surface area (Å²) >= 11 is 0. The minimum absolute atomic E-state index is 0.0339. The molecule has 290 valence electrons. The number of nitrogens with two attached hydrogens (primary N) is 1. The quantitative estimate of drug-likeness (QED) is 0.0792. The van der Waals surface area contributed by atoms with Gasteiger partial charge in [0.1, 0.15) is 19.0 Å². The summed E-state index contributed by atoms with van der Waals surface area (Å²) in [5.74, 6) is 1.26. The van der Waals surface area contributed by atoms with E-state index in [-0.39, 0.29) is 30.9 Å². The monoisotopic (exact) mass is 760 g/mol. The van der Waals surface area contributed by atoms with Gasteiger partial charge < -0.3 is 34.2 Å². The molecule has 3 heterocycles. The highest BCUT2D eigenvalue weighted by Crippen LogP contribution is 2.41. The maximum atomic E-state index is 12.4. The number of hydrogen-bond donors (Lipinski definition) is 2. The van der Waals surface area contributed by atoms with Crippen LogP contribution < -0.4 is 22.2 Å². The van der Waals surface area contributed by atoms with E-state index >= 15 is 0 Å². The zero-order valence-corrected chi connectivity index (χ0v) is 30.3. The van der Waals surface area contributed by atoms with Crippen molar-refractivity contribution in [3.63, 3.8) is 0 Å². The van der Waals surface area contributed by atoms with Gasteiger partial charge in [-0.2, -0.15) is 26.3 Å². The summed E-state index contributed by atoms with van der Waals surface area (Å²) < 4.78 is 87.5. The number of imidazole rings is 1. The van der Waals surface area contributed by atoms with Gasteiger partial charge in [0.15, 0.2) is 0 Å². The molecule has 0 saturated heterocycles. The van der Waals surface area contributed by atoms with Crippen LogP contribution in [0, 0.1) is 13.8 Å². The fourth-order valence-electron chi connectivity index (χ4n) is 5.96. The molecule has 1 aliphatic rings. The lowest BCUT2D eigenvalue weighted by Gasteiger charge is -2.13. The highest BCUT2D eigenvalue weighted by atomic mass is 19.4. The zero-order chi connectivity index (χ0) is 39.4. The Morgan fingerprint density at radius 1 is 0.778 bits per heavy atom. The predicted octanol–water partition coefficient (Wildman–Crippen LogP) is 7.10. The number of aryl methyl sites for hydroxylation is 4. The van der Waals surface area contributed by atoms with E-state index in [1.165, 1.54) is 4.57 Å². The summed E-state index contributed by atoms with van der Waals surface area (Å²) in [5, 5.41) is 2.96. The van der Waals surface area contributed by atoms with E-state index in [1.807, 2.05) is 34.9 Å². The van der Waals surface area contributed by atoms with Crippen molar-refractivity contribution in [2.45, 2.75) is 51.5 Å².